The molecule has 0 aliphatic carbocycles. The summed E-state index contributed by atoms with van der Waals surface area (Å²) in [6, 6.07) is 11.7. The van der Waals surface area contributed by atoms with Gasteiger partial charge in [0.05, 0.1) is 20.8 Å². The van der Waals surface area contributed by atoms with E-state index in [1.807, 2.05) is 0 Å². The minimum Gasteiger partial charge on any atom is -0.493 e. The van der Waals surface area contributed by atoms with E-state index < -0.39 is 5.91 Å². The maximum atomic E-state index is 12.2. The number of carbonyl (C=O) groups is 2. The topological polar surface area (TPSA) is 96.9 Å². The van der Waals surface area contributed by atoms with Gasteiger partial charge in [0.1, 0.15) is 0 Å². The Morgan fingerprint density at radius 2 is 1.60 bits per heavy atom. The molecule has 0 radical (unpaired) electrons. The van der Waals surface area contributed by atoms with Gasteiger partial charge in [0, 0.05) is 17.7 Å². The van der Waals surface area contributed by atoms with Crippen molar-refractivity contribution in [3.05, 3.63) is 59.2 Å². The molecule has 2 aromatic carbocycles. The van der Waals surface area contributed by atoms with Crippen LogP contribution in [0, 0.1) is 0 Å². The summed E-state index contributed by atoms with van der Waals surface area (Å²) in [6.07, 6.45) is 0. The zero-order valence-electron chi connectivity index (χ0n) is 14.0. The van der Waals surface area contributed by atoms with Crippen LogP contribution < -0.4 is 20.3 Å². The number of ether oxygens (including phenoxy) is 2. The Labute approximate surface area is 145 Å². The molecule has 0 fully saturated rings. The number of methoxy groups -OCH3 is 2. The van der Waals surface area contributed by atoms with Gasteiger partial charge in [-0.2, -0.15) is 0 Å². The normalized spacial score (nSPS) is 10.2. The van der Waals surface area contributed by atoms with Crippen LogP contribution in [0.3, 0.4) is 0 Å². The first-order valence-corrected chi connectivity index (χ1v) is 7.58. The third-order valence-corrected chi connectivity index (χ3v) is 3.64. The van der Waals surface area contributed by atoms with E-state index >= 15 is 0 Å². The number of ketones is 1. The minimum absolute atomic E-state index is 0.0720. The van der Waals surface area contributed by atoms with Crippen LogP contribution in [-0.4, -0.2) is 37.7 Å². The van der Waals surface area contributed by atoms with Crippen LogP contribution in [0.2, 0.25) is 0 Å². The summed E-state index contributed by atoms with van der Waals surface area (Å²) in [5, 5.41) is 11.6. The van der Waals surface area contributed by atoms with Crippen molar-refractivity contribution in [2.45, 2.75) is 6.54 Å². The van der Waals surface area contributed by atoms with Crippen molar-refractivity contribution in [3.63, 3.8) is 0 Å². The number of rotatable bonds is 8. The van der Waals surface area contributed by atoms with Gasteiger partial charge in [-0.3, -0.25) is 14.8 Å². The summed E-state index contributed by atoms with van der Waals surface area (Å²) in [5.41, 5.74) is 3.37. The molecular formula is C18H20N2O5. The smallest absolute Gasteiger partial charge is 0.274 e. The second-order valence-corrected chi connectivity index (χ2v) is 5.23. The molecule has 3 N–H and O–H groups in total. The first-order chi connectivity index (χ1) is 12.1. The second-order valence-electron chi connectivity index (χ2n) is 5.23. The van der Waals surface area contributed by atoms with Gasteiger partial charge in [-0.05, 0) is 35.9 Å². The van der Waals surface area contributed by atoms with Crippen LogP contribution in [0.5, 0.6) is 11.5 Å². The SMILES string of the molecule is COc1ccc(C(=O)CNCc2ccc(C(=O)NO)cc2)cc1OC. The van der Waals surface area contributed by atoms with Gasteiger partial charge in [-0.15, -0.1) is 0 Å². The van der Waals surface area contributed by atoms with Gasteiger partial charge in [-0.1, -0.05) is 12.1 Å². The molecule has 0 saturated heterocycles. The molecule has 0 unspecified atom stereocenters. The fourth-order valence-corrected chi connectivity index (χ4v) is 2.27. The number of nitrogens with one attached hydrogen (secondary N) is 2. The molecule has 132 valence electrons. The van der Waals surface area contributed by atoms with E-state index in [4.69, 9.17) is 14.7 Å². The average molecular weight is 344 g/mol. The molecule has 0 heterocycles. The monoisotopic (exact) mass is 344 g/mol. The highest BCUT2D eigenvalue weighted by Crippen LogP contribution is 2.27. The fourth-order valence-electron chi connectivity index (χ4n) is 2.27. The van der Waals surface area contributed by atoms with Gasteiger partial charge in [0.15, 0.2) is 17.3 Å². The predicted octanol–water partition coefficient (Wildman–Crippen LogP) is 1.80. The molecule has 0 aliphatic heterocycles. The van der Waals surface area contributed by atoms with Crippen molar-refractivity contribution in [1.29, 1.82) is 0 Å². The maximum Gasteiger partial charge on any atom is 0.274 e. The molecule has 0 aliphatic rings. The molecule has 2 rings (SSSR count). The Kier molecular flexibility index (Phi) is 6.50. The predicted molar refractivity (Wildman–Crippen MR) is 91.3 cm³/mol. The number of hydrogen-bond donors (Lipinski definition) is 3. The summed E-state index contributed by atoms with van der Waals surface area (Å²) in [5.74, 6) is 0.436. The summed E-state index contributed by atoms with van der Waals surface area (Å²) in [7, 11) is 3.06. The van der Waals surface area contributed by atoms with Crippen molar-refractivity contribution in [2.75, 3.05) is 20.8 Å². The molecule has 2 aromatic rings. The molecule has 0 saturated carbocycles. The lowest BCUT2D eigenvalue weighted by molar-refractivity contribution is 0.0706. The molecule has 0 aromatic heterocycles. The minimum atomic E-state index is -0.567. The van der Waals surface area contributed by atoms with Crippen LogP contribution >= 0.6 is 0 Å². The number of hydrogen-bond acceptors (Lipinski definition) is 6. The second kappa shape index (κ2) is 8.81. The Balaban J connectivity index is 1.91. The van der Waals surface area contributed by atoms with Crippen LogP contribution in [0.1, 0.15) is 26.3 Å². The van der Waals surface area contributed by atoms with E-state index in [0.717, 1.165) is 5.56 Å². The van der Waals surface area contributed by atoms with Crippen molar-refractivity contribution in [3.8, 4) is 11.5 Å². The van der Waals surface area contributed by atoms with Crippen LogP contribution in [0.15, 0.2) is 42.5 Å². The Morgan fingerprint density at radius 1 is 0.960 bits per heavy atom. The number of benzene rings is 2. The molecule has 0 bridgehead atoms. The quantitative estimate of drug-likeness (QED) is 0.384. The molecule has 0 atom stereocenters. The highest BCUT2D eigenvalue weighted by Gasteiger charge is 2.10. The molecule has 7 heteroatoms. The van der Waals surface area contributed by atoms with Crippen LogP contribution in [-0.2, 0) is 6.54 Å². The van der Waals surface area contributed by atoms with Gasteiger partial charge in [-0.25, -0.2) is 5.48 Å². The molecule has 7 nitrogen and oxygen atoms in total. The summed E-state index contributed by atoms with van der Waals surface area (Å²) >= 11 is 0. The number of hydroxylamine groups is 1. The van der Waals surface area contributed by atoms with Crippen molar-refractivity contribution in [1.82, 2.24) is 10.8 Å². The van der Waals surface area contributed by atoms with Crippen molar-refractivity contribution < 1.29 is 24.3 Å². The molecular weight excluding hydrogens is 324 g/mol. The lowest BCUT2D eigenvalue weighted by Crippen LogP contribution is -2.23. The number of carbonyl (C=O) groups excluding carboxylic acids is 2. The van der Waals surface area contributed by atoms with E-state index in [-0.39, 0.29) is 12.3 Å². The highest BCUT2D eigenvalue weighted by molar-refractivity contribution is 5.98. The summed E-state index contributed by atoms with van der Waals surface area (Å²) in [6.45, 7) is 0.633. The fraction of sp³-hybridized carbons (Fsp3) is 0.222. The van der Waals surface area contributed by atoms with Gasteiger partial charge in [0.2, 0.25) is 0 Å². The first-order valence-electron chi connectivity index (χ1n) is 7.58. The summed E-state index contributed by atoms with van der Waals surface area (Å²) < 4.78 is 10.3. The van der Waals surface area contributed by atoms with E-state index in [1.165, 1.54) is 14.2 Å². The highest BCUT2D eigenvalue weighted by atomic mass is 16.5. The standard InChI is InChI=1S/C18H20N2O5/c1-24-16-8-7-14(9-17(16)25-2)15(21)11-19-10-12-3-5-13(6-4-12)18(22)20-23/h3-9,19,23H,10-11H2,1-2H3,(H,20,22). The van der Waals surface area contributed by atoms with E-state index in [1.54, 1.807) is 47.9 Å². The van der Waals surface area contributed by atoms with Crippen molar-refractivity contribution >= 4 is 11.7 Å². The Morgan fingerprint density at radius 3 is 2.20 bits per heavy atom. The largest absolute Gasteiger partial charge is 0.493 e. The molecule has 0 spiro atoms. The first kappa shape index (κ1) is 18.4. The van der Waals surface area contributed by atoms with E-state index in [2.05, 4.69) is 5.32 Å². The maximum absolute atomic E-state index is 12.2. The van der Waals surface area contributed by atoms with E-state index in [9.17, 15) is 9.59 Å². The zero-order chi connectivity index (χ0) is 18.2. The van der Waals surface area contributed by atoms with Crippen LogP contribution in [0.4, 0.5) is 0 Å². The Bertz CT molecular complexity index is 744. The summed E-state index contributed by atoms with van der Waals surface area (Å²) in [4.78, 5) is 23.5. The lowest BCUT2D eigenvalue weighted by Gasteiger charge is -2.09. The molecule has 1 amide bonds. The average Bonchev–Trinajstić information content (AvgIpc) is 2.67. The zero-order valence-corrected chi connectivity index (χ0v) is 14.0. The van der Waals surface area contributed by atoms with Crippen molar-refractivity contribution in [2.24, 2.45) is 0 Å². The lowest BCUT2D eigenvalue weighted by atomic mass is 10.1. The third kappa shape index (κ3) is 4.79. The molecule has 25 heavy (non-hydrogen) atoms. The third-order valence-electron chi connectivity index (χ3n) is 3.64. The van der Waals surface area contributed by atoms with Gasteiger partial charge in [0.25, 0.3) is 5.91 Å². The van der Waals surface area contributed by atoms with Gasteiger partial charge >= 0.3 is 0 Å². The number of amides is 1. The Hall–Kier alpha value is -2.90. The van der Waals surface area contributed by atoms with Gasteiger partial charge < -0.3 is 14.8 Å². The number of Topliss-reactive ketones (excluding diaryl/α,β-unsaturated/α-hetero) is 1. The van der Waals surface area contributed by atoms with Crippen LogP contribution in [0.25, 0.3) is 0 Å². The van der Waals surface area contributed by atoms with E-state index in [0.29, 0.717) is 29.2 Å².